The minimum atomic E-state index is -1.52. The molecular formula is C12H13N3O3. The summed E-state index contributed by atoms with van der Waals surface area (Å²) in [7, 11) is 1.54. The van der Waals surface area contributed by atoms with Gasteiger partial charge in [0.25, 0.3) is 0 Å². The van der Waals surface area contributed by atoms with E-state index in [1.807, 2.05) is 0 Å². The van der Waals surface area contributed by atoms with E-state index in [1.165, 1.54) is 19.4 Å². The van der Waals surface area contributed by atoms with Crippen molar-refractivity contribution in [2.75, 3.05) is 7.11 Å². The fourth-order valence-corrected chi connectivity index (χ4v) is 1.63. The molecule has 1 atom stereocenters. The molecule has 1 unspecified atom stereocenters. The van der Waals surface area contributed by atoms with Crippen LogP contribution in [0.15, 0.2) is 36.5 Å². The first-order chi connectivity index (χ1) is 8.55. The van der Waals surface area contributed by atoms with Crippen molar-refractivity contribution in [3.05, 3.63) is 42.1 Å². The summed E-state index contributed by atoms with van der Waals surface area (Å²) in [5, 5.41) is 4.76. The summed E-state index contributed by atoms with van der Waals surface area (Å²) in [6.45, 7) is 0. The van der Waals surface area contributed by atoms with Gasteiger partial charge in [0.1, 0.15) is 5.75 Å². The molecule has 0 fully saturated rings. The van der Waals surface area contributed by atoms with Gasteiger partial charge >= 0.3 is 6.03 Å². The number of nitrogens with one attached hydrogen (secondary N) is 2. The van der Waals surface area contributed by atoms with Gasteiger partial charge in [-0.25, -0.2) is 4.79 Å². The molecule has 0 radical (unpaired) electrons. The van der Waals surface area contributed by atoms with E-state index in [-0.39, 0.29) is 0 Å². The Balaban J connectivity index is 2.27. The Hall–Kier alpha value is -2.34. The Morgan fingerprint density at radius 2 is 2.00 bits per heavy atom. The molecular weight excluding hydrogens is 234 g/mol. The molecule has 0 spiro atoms. The zero-order chi connectivity index (χ0) is 13.2. The highest BCUT2D eigenvalue weighted by molar-refractivity contribution is 6.06. The Morgan fingerprint density at radius 1 is 1.33 bits per heavy atom. The smallest absolute Gasteiger partial charge is 0.320 e. The van der Waals surface area contributed by atoms with Crippen LogP contribution in [-0.4, -0.2) is 24.6 Å². The first kappa shape index (κ1) is 12.1. The summed E-state index contributed by atoms with van der Waals surface area (Å²) in [4.78, 5) is 23.4. The van der Waals surface area contributed by atoms with Crippen LogP contribution in [0.25, 0.3) is 0 Å². The normalized spacial score (nSPS) is 22.0. The van der Waals surface area contributed by atoms with E-state index in [9.17, 15) is 9.59 Å². The number of ether oxygens (including phenoxy) is 1. The molecule has 1 heterocycles. The summed E-state index contributed by atoms with van der Waals surface area (Å²) in [6.07, 6.45) is 2.75. The second-order valence-electron chi connectivity index (χ2n) is 3.86. The van der Waals surface area contributed by atoms with Crippen molar-refractivity contribution in [3.63, 3.8) is 0 Å². The lowest BCUT2D eigenvalue weighted by Gasteiger charge is -2.28. The molecule has 0 saturated heterocycles. The van der Waals surface area contributed by atoms with Crippen molar-refractivity contribution in [2.45, 2.75) is 5.66 Å². The number of hydrogen-bond donors (Lipinski definition) is 3. The maximum Gasteiger partial charge on any atom is 0.320 e. The van der Waals surface area contributed by atoms with Gasteiger partial charge in [-0.05, 0) is 30.3 Å². The van der Waals surface area contributed by atoms with Crippen LogP contribution in [-0.2, 0) is 0 Å². The number of hydrogen-bond acceptors (Lipinski definition) is 4. The molecule has 4 N–H and O–H groups in total. The van der Waals surface area contributed by atoms with Crippen LogP contribution in [0.5, 0.6) is 5.75 Å². The van der Waals surface area contributed by atoms with Gasteiger partial charge in [-0.2, -0.15) is 0 Å². The zero-order valence-corrected chi connectivity index (χ0v) is 9.77. The third-order valence-electron chi connectivity index (χ3n) is 2.61. The number of carbonyl (C=O) groups excluding carboxylic acids is 2. The molecule has 1 aliphatic rings. The Morgan fingerprint density at radius 3 is 2.56 bits per heavy atom. The molecule has 2 rings (SSSR count). The highest BCUT2D eigenvalue weighted by Crippen LogP contribution is 2.16. The topological polar surface area (TPSA) is 93.4 Å². The van der Waals surface area contributed by atoms with E-state index < -0.39 is 17.5 Å². The molecule has 0 aromatic heterocycles. The van der Waals surface area contributed by atoms with Crippen LogP contribution in [0.2, 0.25) is 0 Å². The van der Waals surface area contributed by atoms with Crippen LogP contribution >= 0.6 is 0 Å². The van der Waals surface area contributed by atoms with Crippen LogP contribution in [0.4, 0.5) is 4.79 Å². The molecule has 1 aromatic carbocycles. The van der Waals surface area contributed by atoms with Gasteiger partial charge in [-0.3, -0.25) is 10.5 Å². The van der Waals surface area contributed by atoms with E-state index in [1.54, 1.807) is 24.3 Å². The van der Waals surface area contributed by atoms with Crippen molar-refractivity contribution in [2.24, 2.45) is 5.73 Å². The minimum Gasteiger partial charge on any atom is -0.497 e. The average molecular weight is 247 g/mol. The largest absolute Gasteiger partial charge is 0.497 e. The molecule has 0 saturated carbocycles. The first-order valence-electron chi connectivity index (χ1n) is 5.29. The number of Topliss-reactive ketones (excluding diaryl/α,β-unsaturated/α-hetero) is 1. The molecule has 0 aliphatic carbocycles. The quantitative estimate of drug-likeness (QED) is 0.672. The van der Waals surface area contributed by atoms with Crippen molar-refractivity contribution >= 4 is 11.8 Å². The fourth-order valence-electron chi connectivity index (χ4n) is 1.63. The van der Waals surface area contributed by atoms with Gasteiger partial charge in [0.15, 0.2) is 5.66 Å². The summed E-state index contributed by atoms with van der Waals surface area (Å²) in [5.41, 5.74) is 4.73. The summed E-state index contributed by atoms with van der Waals surface area (Å²) < 4.78 is 5.00. The van der Waals surface area contributed by atoms with Crippen LogP contribution in [0, 0.1) is 0 Å². The van der Waals surface area contributed by atoms with E-state index in [2.05, 4.69) is 10.6 Å². The predicted molar refractivity (Wildman–Crippen MR) is 65.1 cm³/mol. The van der Waals surface area contributed by atoms with Crippen LogP contribution in [0.1, 0.15) is 10.4 Å². The molecule has 6 heteroatoms. The lowest BCUT2D eigenvalue weighted by atomic mass is 9.97. The zero-order valence-electron chi connectivity index (χ0n) is 9.77. The standard InChI is InChI=1S/C12H13N3O3/c1-18-9-4-2-8(3-5-9)10(16)12(13)6-7-14-11(17)15-12/h2-7H,13H2,1H3,(H2,14,15,17). The molecule has 1 aromatic rings. The first-order valence-corrected chi connectivity index (χ1v) is 5.29. The molecule has 2 amide bonds. The van der Waals surface area contributed by atoms with Gasteiger partial charge in [-0.1, -0.05) is 0 Å². The lowest BCUT2D eigenvalue weighted by molar-refractivity contribution is 0.0898. The predicted octanol–water partition coefficient (Wildman–Crippen LogP) is 0.359. The number of benzene rings is 1. The second-order valence-corrected chi connectivity index (χ2v) is 3.86. The highest BCUT2D eigenvalue weighted by Gasteiger charge is 2.35. The van der Waals surface area contributed by atoms with Crippen molar-refractivity contribution < 1.29 is 14.3 Å². The number of urea groups is 1. The molecule has 0 bridgehead atoms. The number of carbonyl (C=O) groups is 2. The van der Waals surface area contributed by atoms with E-state index in [0.29, 0.717) is 11.3 Å². The van der Waals surface area contributed by atoms with Crippen molar-refractivity contribution in [3.8, 4) is 5.75 Å². The minimum absolute atomic E-state index is 0.392. The number of rotatable bonds is 3. The van der Waals surface area contributed by atoms with Crippen LogP contribution in [0.3, 0.4) is 0 Å². The van der Waals surface area contributed by atoms with Gasteiger partial charge in [0.05, 0.1) is 7.11 Å². The van der Waals surface area contributed by atoms with Crippen molar-refractivity contribution in [1.29, 1.82) is 0 Å². The fraction of sp³-hybridized carbons (Fsp3) is 0.167. The monoisotopic (exact) mass is 247 g/mol. The van der Waals surface area contributed by atoms with Gasteiger partial charge < -0.3 is 15.4 Å². The highest BCUT2D eigenvalue weighted by atomic mass is 16.5. The summed E-state index contributed by atoms with van der Waals surface area (Å²) >= 11 is 0. The Labute approximate surface area is 104 Å². The molecule has 6 nitrogen and oxygen atoms in total. The van der Waals surface area contributed by atoms with E-state index >= 15 is 0 Å². The Kier molecular flexibility index (Phi) is 3.03. The maximum atomic E-state index is 12.2. The molecule has 1 aliphatic heterocycles. The maximum absolute atomic E-state index is 12.2. The van der Waals surface area contributed by atoms with Crippen LogP contribution < -0.4 is 21.1 Å². The summed E-state index contributed by atoms with van der Waals surface area (Å²) in [6, 6.07) is 5.99. The second kappa shape index (κ2) is 4.50. The molecule has 18 heavy (non-hydrogen) atoms. The third-order valence-corrected chi connectivity index (χ3v) is 2.61. The third kappa shape index (κ3) is 2.18. The Bertz CT molecular complexity index is 510. The number of nitrogens with two attached hydrogens (primary N) is 1. The van der Waals surface area contributed by atoms with Gasteiger partial charge in [0.2, 0.25) is 5.78 Å². The lowest BCUT2D eigenvalue weighted by Crippen LogP contribution is -2.64. The number of ketones is 1. The summed E-state index contributed by atoms with van der Waals surface area (Å²) in [5.74, 6) is 0.249. The van der Waals surface area contributed by atoms with Gasteiger partial charge in [-0.15, -0.1) is 0 Å². The molecule has 94 valence electrons. The number of amides is 2. The number of methoxy groups -OCH3 is 1. The van der Waals surface area contributed by atoms with E-state index in [0.717, 1.165) is 0 Å². The van der Waals surface area contributed by atoms with E-state index in [4.69, 9.17) is 10.5 Å². The van der Waals surface area contributed by atoms with Gasteiger partial charge in [0, 0.05) is 11.8 Å². The SMILES string of the molecule is COc1ccc(C(=O)C2(N)C=CNC(=O)N2)cc1. The van der Waals surface area contributed by atoms with Crippen molar-refractivity contribution in [1.82, 2.24) is 10.6 Å². The average Bonchev–Trinajstić information content (AvgIpc) is 2.38.